The number of ether oxygens (including phenoxy) is 1. The van der Waals surface area contributed by atoms with Crippen LogP contribution in [-0.4, -0.2) is 39.2 Å². The number of pyridine rings is 1. The van der Waals surface area contributed by atoms with Crippen LogP contribution in [0.1, 0.15) is 48.0 Å². The molecule has 2 aromatic rings. The van der Waals surface area contributed by atoms with Crippen molar-refractivity contribution in [1.29, 1.82) is 0 Å². The Hall–Kier alpha value is -2.89. The Bertz CT molecular complexity index is 798. The molecule has 0 aliphatic heterocycles. The standard InChI is InChI=1S/C21H26N2O4/c1-15-13-16(8-9-18(15)19(24)25)10-12-23(20(26)27-21(2,3)4)14-17-7-5-6-11-22-17/h5-9,11,13H,10,12,14H2,1-4H3,(H,24,25). The minimum absolute atomic E-state index is 0.288. The zero-order chi connectivity index (χ0) is 20.0. The normalized spacial score (nSPS) is 11.1. The Morgan fingerprint density at radius 1 is 1.19 bits per heavy atom. The number of carbonyl (C=O) groups is 2. The highest BCUT2D eigenvalue weighted by Crippen LogP contribution is 2.15. The average Bonchev–Trinajstić information content (AvgIpc) is 2.57. The van der Waals surface area contributed by atoms with Gasteiger partial charge in [0.1, 0.15) is 5.60 Å². The predicted molar refractivity (Wildman–Crippen MR) is 103 cm³/mol. The summed E-state index contributed by atoms with van der Waals surface area (Å²) in [6, 6.07) is 10.8. The molecule has 1 heterocycles. The molecule has 0 spiro atoms. The van der Waals surface area contributed by atoms with Crippen molar-refractivity contribution < 1.29 is 19.4 Å². The minimum atomic E-state index is -0.940. The molecule has 0 saturated heterocycles. The van der Waals surface area contributed by atoms with Crippen LogP contribution in [0.5, 0.6) is 0 Å². The van der Waals surface area contributed by atoms with Crippen molar-refractivity contribution in [2.24, 2.45) is 0 Å². The van der Waals surface area contributed by atoms with Crippen LogP contribution in [0.3, 0.4) is 0 Å². The first-order chi connectivity index (χ1) is 12.7. The number of carboxylic acids is 1. The highest BCUT2D eigenvalue weighted by atomic mass is 16.6. The van der Waals surface area contributed by atoms with Crippen LogP contribution in [0.2, 0.25) is 0 Å². The molecule has 0 aliphatic carbocycles. The fourth-order valence-corrected chi connectivity index (χ4v) is 2.63. The van der Waals surface area contributed by atoms with E-state index in [4.69, 9.17) is 9.84 Å². The number of rotatable bonds is 6. The zero-order valence-electron chi connectivity index (χ0n) is 16.2. The lowest BCUT2D eigenvalue weighted by Gasteiger charge is -2.27. The molecule has 1 amide bonds. The van der Waals surface area contributed by atoms with Gasteiger partial charge < -0.3 is 14.7 Å². The van der Waals surface area contributed by atoms with Crippen molar-refractivity contribution in [2.75, 3.05) is 6.54 Å². The molecule has 0 unspecified atom stereocenters. The van der Waals surface area contributed by atoms with Gasteiger partial charge in [-0.3, -0.25) is 4.98 Å². The smallest absolute Gasteiger partial charge is 0.410 e. The van der Waals surface area contributed by atoms with Gasteiger partial charge in [0.25, 0.3) is 0 Å². The molecule has 0 atom stereocenters. The minimum Gasteiger partial charge on any atom is -0.478 e. The molecule has 144 valence electrons. The highest BCUT2D eigenvalue weighted by Gasteiger charge is 2.22. The van der Waals surface area contributed by atoms with E-state index in [1.54, 1.807) is 30.2 Å². The lowest BCUT2D eigenvalue weighted by Crippen LogP contribution is -2.37. The quantitative estimate of drug-likeness (QED) is 0.829. The number of aromatic nitrogens is 1. The number of aryl methyl sites for hydroxylation is 1. The van der Waals surface area contributed by atoms with Gasteiger partial charge in [-0.15, -0.1) is 0 Å². The summed E-state index contributed by atoms with van der Waals surface area (Å²) < 4.78 is 5.52. The number of nitrogens with zero attached hydrogens (tertiary/aromatic N) is 2. The summed E-state index contributed by atoms with van der Waals surface area (Å²) in [5, 5.41) is 9.14. The zero-order valence-corrected chi connectivity index (χ0v) is 16.2. The molecule has 27 heavy (non-hydrogen) atoms. The van der Waals surface area contributed by atoms with E-state index in [-0.39, 0.29) is 5.56 Å². The van der Waals surface area contributed by atoms with Gasteiger partial charge in [-0.05, 0) is 63.4 Å². The summed E-state index contributed by atoms with van der Waals surface area (Å²) >= 11 is 0. The SMILES string of the molecule is Cc1cc(CCN(Cc2ccccn2)C(=O)OC(C)(C)C)ccc1C(=O)O. The van der Waals surface area contributed by atoms with Gasteiger partial charge in [0.05, 0.1) is 17.8 Å². The van der Waals surface area contributed by atoms with E-state index in [9.17, 15) is 9.59 Å². The van der Waals surface area contributed by atoms with Gasteiger partial charge in [-0.25, -0.2) is 9.59 Å². The number of carboxylic acid groups (broad SMARTS) is 1. The molecule has 1 aromatic heterocycles. The van der Waals surface area contributed by atoms with Crippen LogP contribution in [0.15, 0.2) is 42.6 Å². The van der Waals surface area contributed by atoms with Gasteiger partial charge in [-0.2, -0.15) is 0 Å². The molecule has 2 rings (SSSR count). The van der Waals surface area contributed by atoms with Gasteiger partial charge in [-0.1, -0.05) is 18.2 Å². The van der Waals surface area contributed by atoms with E-state index < -0.39 is 17.7 Å². The molecule has 0 saturated carbocycles. The average molecular weight is 370 g/mol. The van der Waals surface area contributed by atoms with E-state index >= 15 is 0 Å². The van der Waals surface area contributed by atoms with Crippen LogP contribution in [-0.2, 0) is 17.7 Å². The molecule has 6 nitrogen and oxygen atoms in total. The van der Waals surface area contributed by atoms with Crippen LogP contribution < -0.4 is 0 Å². The Kier molecular flexibility index (Phi) is 6.55. The summed E-state index contributed by atoms with van der Waals surface area (Å²) in [4.78, 5) is 29.6. The second-order valence-electron chi connectivity index (χ2n) is 7.43. The van der Waals surface area contributed by atoms with E-state index in [1.807, 2.05) is 45.0 Å². The first kappa shape index (κ1) is 20.4. The number of hydrogen-bond donors (Lipinski definition) is 1. The third-order valence-electron chi connectivity index (χ3n) is 3.92. The summed E-state index contributed by atoms with van der Waals surface area (Å²) in [7, 11) is 0. The number of hydrogen-bond acceptors (Lipinski definition) is 4. The van der Waals surface area contributed by atoms with Gasteiger partial charge in [0, 0.05) is 12.7 Å². The molecule has 0 bridgehead atoms. The van der Waals surface area contributed by atoms with Crippen LogP contribution in [0, 0.1) is 6.92 Å². The molecular formula is C21H26N2O4. The summed E-state index contributed by atoms with van der Waals surface area (Å²) in [5.41, 5.74) is 2.15. The van der Waals surface area contributed by atoms with Crippen molar-refractivity contribution in [1.82, 2.24) is 9.88 Å². The lowest BCUT2D eigenvalue weighted by molar-refractivity contribution is 0.0233. The third-order valence-corrected chi connectivity index (χ3v) is 3.92. The number of aromatic carboxylic acids is 1. The predicted octanol–water partition coefficient (Wildman–Crippen LogP) is 4.07. The highest BCUT2D eigenvalue weighted by molar-refractivity contribution is 5.89. The summed E-state index contributed by atoms with van der Waals surface area (Å²) in [5.74, 6) is -0.940. The van der Waals surface area contributed by atoms with Crippen molar-refractivity contribution in [2.45, 2.75) is 46.3 Å². The van der Waals surface area contributed by atoms with E-state index in [1.165, 1.54) is 0 Å². The first-order valence-electron chi connectivity index (χ1n) is 8.86. The van der Waals surface area contributed by atoms with Gasteiger partial charge >= 0.3 is 12.1 Å². The Labute approximate surface area is 159 Å². The number of benzene rings is 1. The molecule has 1 N–H and O–H groups in total. The van der Waals surface area contributed by atoms with Crippen molar-refractivity contribution in [3.63, 3.8) is 0 Å². The van der Waals surface area contributed by atoms with Crippen molar-refractivity contribution in [3.05, 3.63) is 65.0 Å². The topological polar surface area (TPSA) is 79.7 Å². The first-order valence-corrected chi connectivity index (χ1v) is 8.86. The number of carbonyl (C=O) groups excluding carboxylic acids is 1. The number of amides is 1. The van der Waals surface area contributed by atoms with E-state index in [0.717, 1.165) is 11.3 Å². The van der Waals surface area contributed by atoms with E-state index in [0.29, 0.717) is 25.1 Å². The second-order valence-corrected chi connectivity index (χ2v) is 7.43. The lowest BCUT2D eigenvalue weighted by atomic mass is 10.0. The molecular weight excluding hydrogens is 344 g/mol. The Morgan fingerprint density at radius 2 is 1.93 bits per heavy atom. The maximum atomic E-state index is 12.6. The van der Waals surface area contributed by atoms with Crippen LogP contribution in [0.25, 0.3) is 0 Å². The molecule has 6 heteroatoms. The fourth-order valence-electron chi connectivity index (χ4n) is 2.63. The second kappa shape index (κ2) is 8.66. The fraction of sp³-hybridized carbons (Fsp3) is 0.381. The third kappa shape index (κ3) is 6.40. The van der Waals surface area contributed by atoms with Gasteiger partial charge in [0.15, 0.2) is 0 Å². The molecule has 0 fully saturated rings. The molecule has 1 aromatic carbocycles. The molecule has 0 radical (unpaired) electrons. The van der Waals surface area contributed by atoms with E-state index in [2.05, 4.69) is 4.98 Å². The van der Waals surface area contributed by atoms with Crippen molar-refractivity contribution >= 4 is 12.1 Å². The maximum Gasteiger partial charge on any atom is 0.410 e. The monoisotopic (exact) mass is 370 g/mol. The van der Waals surface area contributed by atoms with Crippen LogP contribution >= 0.6 is 0 Å². The largest absolute Gasteiger partial charge is 0.478 e. The Balaban J connectivity index is 2.12. The summed E-state index contributed by atoms with van der Waals surface area (Å²) in [6.07, 6.45) is 1.88. The van der Waals surface area contributed by atoms with Crippen LogP contribution in [0.4, 0.5) is 4.79 Å². The van der Waals surface area contributed by atoms with Crippen molar-refractivity contribution in [3.8, 4) is 0 Å². The molecule has 0 aliphatic rings. The van der Waals surface area contributed by atoms with Gasteiger partial charge in [0.2, 0.25) is 0 Å². The summed E-state index contributed by atoms with van der Waals surface area (Å²) in [6.45, 7) is 8.05. The maximum absolute atomic E-state index is 12.6. The Morgan fingerprint density at radius 3 is 2.48 bits per heavy atom.